The molecule has 0 bridgehead atoms. The third-order valence-corrected chi connectivity index (χ3v) is 6.22. The van der Waals surface area contributed by atoms with E-state index in [0.29, 0.717) is 22.3 Å². The van der Waals surface area contributed by atoms with Gasteiger partial charge in [0.1, 0.15) is 6.04 Å². The number of thioether (sulfide) groups is 1. The summed E-state index contributed by atoms with van der Waals surface area (Å²) in [5.74, 6) is 0.642. The first-order valence-electron chi connectivity index (χ1n) is 8.90. The number of hydrogen-bond acceptors (Lipinski definition) is 3. The highest BCUT2D eigenvalue weighted by Crippen LogP contribution is 2.25. The summed E-state index contributed by atoms with van der Waals surface area (Å²) in [4.78, 5) is 26.7. The van der Waals surface area contributed by atoms with Crippen LogP contribution < -0.4 is 5.32 Å². The average molecular weight is 439 g/mol. The van der Waals surface area contributed by atoms with E-state index in [0.717, 1.165) is 16.7 Å². The minimum Gasteiger partial charge on any atom is -0.357 e. The summed E-state index contributed by atoms with van der Waals surface area (Å²) >= 11 is 13.5. The molecule has 1 N–H and O–H groups in total. The molecule has 0 aliphatic carbocycles. The number of nitrogens with one attached hydrogen (secondary N) is 1. The minimum absolute atomic E-state index is 0.0792. The number of aryl methyl sites for hydroxylation is 1. The number of nitrogens with zero attached hydrogens (tertiary/aromatic N) is 1. The molecule has 7 heteroatoms. The molecule has 0 aliphatic heterocycles. The number of rotatable bonds is 8. The molecular formula is C21H24Cl2N2O2S. The molecular weight excluding hydrogens is 415 g/mol. The van der Waals surface area contributed by atoms with Gasteiger partial charge in [0.15, 0.2) is 0 Å². The molecule has 0 aromatic heterocycles. The van der Waals surface area contributed by atoms with Gasteiger partial charge in [-0.1, -0.05) is 53.5 Å². The Balaban J connectivity index is 2.06. The zero-order valence-corrected chi connectivity index (χ0v) is 18.5. The first kappa shape index (κ1) is 22.6. The lowest BCUT2D eigenvalue weighted by atomic mass is 10.1. The van der Waals surface area contributed by atoms with Crippen molar-refractivity contribution < 1.29 is 9.59 Å². The Morgan fingerprint density at radius 3 is 2.50 bits per heavy atom. The number of likely N-dealkylation sites (N-methyl/N-ethyl adjacent to an activating group) is 1. The Bertz CT molecular complexity index is 845. The van der Waals surface area contributed by atoms with Gasteiger partial charge in [-0.2, -0.15) is 0 Å². The molecule has 0 saturated carbocycles. The van der Waals surface area contributed by atoms with Crippen LogP contribution in [-0.2, 0) is 21.9 Å². The van der Waals surface area contributed by atoms with Crippen LogP contribution in [0, 0.1) is 6.92 Å². The van der Waals surface area contributed by atoms with Crippen LogP contribution in [0.5, 0.6) is 0 Å². The molecule has 0 saturated heterocycles. The smallest absolute Gasteiger partial charge is 0.242 e. The van der Waals surface area contributed by atoms with E-state index in [-0.39, 0.29) is 17.6 Å². The average Bonchev–Trinajstić information content (AvgIpc) is 2.68. The molecule has 2 aromatic carbocycles. The van der Waals surface area contributed by atoms with Crippen LogP contribution in [0.4, 0.5) is 0 Å². The van der Waals surface area contributed by atoms with E-state index in [1.807, 2.05) is 37.3 Å². The van der Waals surface area contributed by atoms with Crippen LogP contribution >= 0.6 is 35.0 Å². The molecule has 2 rings (SSSR count). The maximum absolute atomic E-state index is 12.9. The quantitative estimate of drug-likeness (QED) is 0.649. The summed E-state index contributed by atoms with van der Waals surface area (Å²) in [6, 6.07) is 12.8. The van der Waals surface area contributed by atoms with E-state index in [9.17, 15) is 9.59 Å². The van der Waals surface area contributed by atoms with E-state index in [1.165, 1.54) is 11.8 Å². The van der Waals surface area contributed by atoms with Crippen LogP contribution in [0.15, 0.2) is 42.5 Å². The number of amides is 2. The number of halogens is 2. The summed E-state index contributed by atoms with van der Waals surface area (Å²) in [7, 11) is 1.58. The molecule has 0 unspecified atom stereocenters. The van der Waals surface area contributed by atoms with Crippen molar-refractivity contribution in [2.45, 2.75) is 32.2 Å². The highest BCUT2D eigenvalue weighted by atomic mass is 35.5. The van der Waals surface area contributed by atoms with Gasteiger partial charge in [0.05, 0.1) is 15.8 Å². The zero-order valence-electron chi connectivity index (χ0n) is 16.2. The number of carbonyl (C=O) groups excluding carboxylic acids is 2. The summed E-state index contributed by atoms with van der Waals surface area (Å²) in [6.45, 7) is 4.15. The second-order valence-corrected chi connectivity index (χ2v) is 8.28. The van der Waals surface area contributed by atoms with E-state index >= 15 is 0 Å². The Morgan fingerprint density at radius 2 is 1.86 bits per heavy atom. The molecule has 0 fully saturated rings. The highest BCUT2D eigenvalue weighted by molar-refractivity contribution is 7.99. The largest absolute Gasteiger partial charge is 0.357 e. The lowest BCUT2D eigenvalue weighted by Crippen LogP contribution is -2.47. The van der Waals surface area contributed by atoms with Crippen molar-refractivity contribution in [3.63, 3.8) is 0 Å². The predicted octanol–water partition coefficient (Wildman–Crippen LogP) is 4.70. The third-order valence-electron chi connectivity index (χ3n) is 4.49. The topological polar surface area (TPSA) is 49.4 Å². The fourth-order valence-electron chi connectivity index (χ4n) is 2.73. The van der Waals surface area contributed by atoms with Gasteiger partial charge in [0, 0.05) is 19.3 Å². The molecule has 28 heavy (non-hydrogen) atoms. The van der Waals surface area contributed by atoms with Gasteiger partial charge in [-0.05, 0) is 42.7 Å². The summed E-state index contributed by atoms with van der Waals surface area (Å²) in [5.41, 5.74) is 3.12. The summed E-state index contributed by atoms with van der Waals surface area (Å²) in [6.07, 6.45) is 0. The van der Waals surface area contributed by atoms with Gasteiger partial charge in [-0.25, -0.2) is 0 Å². The second kappa shape index (κ2) is 10.7. The van der Waals surface area contributed by atoms with Crippen molar-refractivity contribution in [2.24, 2.45) is 0 Å². The highest BCUT2D eigenvalue weighted by Gasteiger charge is 2.25. The molecule has 0 aliphatic rings. The van der Waals surface area contributed by atoms with E-state index in [4.69, 9.17) is 23.2 Å². The molecule has 2 aromatic rings. The molecule has 2 amide bonds. The fourth-order valence-corrected chi connectivity index (χ4v) is 3.91. The van der Waals surface area contributed by atoms with Gasteiger partial charge in [0.2, 0.25) is 11.8 Å². The first-order valence-corrected chi connectivity index (χ1v) is 10.8. The van der Waals surface area contributed by atoms with Crippen molar-refractivity contribution >= 4 is 46.8 Å². The van der Waals surface area contributed by atoms with Crippen LogP contribution in [-0.4, -0.2) is 35.6 Å². The Hall–Kier alpha value is -1.69. The van der Waals surface area contributed by atoms with Crippen molar-refractivity contribution in [1.29, 1.82) is 0 Å². The molecule has 150 valence electrons. The van der Waals surface area contributed by atoms with Crippen molar-refractivity contribution in [1.82, 2.24) is 10.2 Å². The van der Waals surface area contributed by atoms with Gasteiger partial charge >= 0.3 is 0 Å². The summed E-state index contributed by atoms with van der Waals surface area (Å²) in [5, 5.41) is 3.64. The maximum atomic E-state index is 12.9. The van der Waals surface area contributed by atoms with Crippen LogP contribution in [0.2, 0.25) is 10.0 Å². The SMILES string of the molecule is CNC(=O)[C@H](C)N(Cc1ccccc1C)C(=O)CSCc1ccc(Cl)c(Cl)c1. The van der Waals surface area contributed by atoms with E-state index in [2.05, 4.69) is 5.32 Å². The Kier molecular flexibility index (Phi) is 8.67. The maximum Gasteiger partial charge on any atom is 0.242 e. The van der Waals surface area contributed by atoms with Crippen LogP contribution in [0.1, 0.15) is 23.6 Å². The Labute approximate surface area is 180 Å². The molecule has 0 heterocycles. The minimum atomic E-state index is -0.553. The van der Waals surface area contributed by atoms with Crippen molar-refractivity contribution in [3.05, 3.63) is 69.2 Å². The first-order chi connectivity index (χ1) is 13.3. The van der Waals surface area contributed by atoms with Crippen molar-refractivity contribution in [2.75, 3.05) is 12.8 Å². The van der Waals surface area contributed by atoms with E-state index in [1.54, 1.807) is 31.0 Å². The number of hydrogen-bond donors (Lipinski definition) is 1. The van der Waals surface area contributed by atoms with Crippen LogP contribution in [0.25, 0.3) is 0 Å². The third kappa shape index (κ3) is 6.16. The lowest BCUT2D eigenvalue weighted by Gasteiger charge is -2.29. The number of benzene rings is 2. The monoisotopic (exact) mass is 438 g/mol. The molecule has 0 spiro atoms. The van der Waals surface area contributed by atoms with E-state index < -0.39 is 6.04 Å². The number of carbonyl (C=O) groups is 2. The fraction of sp³-hybridized carbons (Fsp3) is 0.333. The molecule has 0 radical (unpaired) electrons. The van der Waals surface area contributed by atoms with Gasteiger partial charge < -0.3 is 10.2 Å². The van der Waals surface area contributed by atoms with Gasteiger partial charge in [-0.15, -0.1) is 11.8 Å². The van der Waals surface area contributed by atoms with Gasteiger partial charge in [0.25, 0.3) is 0 Å². The molecule has 4 nitrogen and oxygen atoms in total. The van der Waals surface area contributed by atoms with Gasteiger partial charge in [-0.3, -0.25) is 9.59 Å². The molecule has 1 atom stereocenters. The zero-order chi connectivity index (χ0) is 20.7. The lowest BCUT2D eigenvalue weighted by molar-refractivity contribution is -0.138. The summed E-state index contributed by atoms with van der Waals surface area (Å²) < 4.78 is 0. The second-order valence-electron chi connectivity index (χ2n) is 6.48. The van der Waals surface area contributed by atoms with Crippen LogP contribution in [0.3, 0.4) is 0 Å². The van der Waals surface area contributed by atoms with Crippen molar-refractivity contribution in [3.8, 4) is 0 Å². The standard InChI is InChI=1S/C21H24Cl2N2O2S/c1-14-6-4-5-7-17(14)11-25(15(2)21(27)24-3)20(26)13-28-12-16-8-9-18(22)19(23)10-16/h4-10,15H,11-13H2,1-3H3,(H,24,27)/t15-/m0/s1. The normalized spacial score (nSPS) is 11.8. The Morgan fingerprint density at radius 1 is 1.14 bits per heavy atom. The predicted molar refractivity (Wildman–Crippen MR) is 118 cm³/mol.